The summed E-state index contributed by atoms with van der Waals surface area (Å²) in [5.41, 5.74) is 10.9. The average Bonchev–Trinajstić information content (AvgIpc) is 3.08. The van der Waals surface area contributed by atoms with E-state index in [-0.39, 0.29) is 5.91 Å². The number of likely N-dealkylation sites (N-methyl/N-ethyl adjacent to an activating group) is 1. The Morgan fingerprint density at radius 2 is 1.91 bits per heavy atom. The van der Waals surface area contributed by atoms with Crippen molar-refractivity contribution in [3.63, 3.8) is 0 Å². The van der Waals surface area contributed by atoms with Gasteiger partial charge in [-0.3, -0.25) is 4.79 Å². The Hall–Kier alpha value is -2.79. The van der Waals surface area contributed by atoms with Crippen LogP contribution in [0.4, 0.5) is 0 Å². The predicted octanol–water partition coefficient (Wildman–Crippen LogP) is 5.94. The molecule has 0 aliphatic rings. The van der Waals surface area contributed by atoms with Crippen LogP contribution in [-0.4, -0.2) is 42.7 Å². The number of ether oxygens (including phenoxy) is 1. The SMILES string of the molecule is C=C(N)/C=C\C(=C)CC.CCC(CN(C)C(C)=O)c1c(C)c2ccccc2n1CCCOC. The zero-order valence-electron chi connectivity index (χ0n) is 21.5. The van der Waals surface area contributed by atoms with E-state index in [1.54, 1.807) is 20.1 Å². The Morgan fingerprint density at radius 1 is 1.24 bits per heavy atom. The highest BCUT2D eigenvalue weighted by molar-refractivity contribution is 5.85. The number of carbonyl (C=O) groups excluding carboxylic acids is 1. The Balaban J connectivity index is 0.000000513. The summed E-state index contributed by atoms with van der Waals surface area (Å²) in [5.74, 6) is 0.460. The molecule has 33 heavy (non-hydrogen) atoms. The van der Waals surface area contributed by atoms with Crippen molar-refractivity contribution in [1.29, 1.82) is 0 Å². The van der Waals surface area contributed by atoms with E-state index in [4.69, 9.17) is 10.5 Å². The van der Waals surface area contributed by atoms with Crippen LogP contribution in [0.15, 0.2) is 60.8 Å². The lowest BCUT2D eigenvalue weighted by molar-refractivity contribution is -0.127. The minimum atomic E-state index is 0.119. The van der Waals surface area contributed by atoms with Crippen LogP contribution >= 0.6 is 0 Å². The van der Waals surface area contributed by atoms with Gasteiger partial charge in [0.2, 0.25) is 5.91 Å². The van der Waals surface area contributed by atoms with Crippen molar-refractivity contribution in [1.82, 2.24) is 9.47 Å². The Bertz CT molecular complexity index is 955. The van der Waals surface area contributed by atoms with Crippen molar-refractivity contribution >= 4 is 16.8 Å². The van der Waals surface area contributed by atoms with Crippen molar-refractivity contribution < 1.29 is 9.53 Å². The average molecular weight is 454 g/mol. The number of allylic oxidation sites excluding steroid dienone is 3. The Morgan fingerprint density at radius 3 is 2.45 bits per heavy atom. The molecule has 0 bridgehead atoms. The molecule has 0 spiro atoms. The maximum Gasteiger partial charge on any atom is 0.219 e. The summed E-state index contributed by atoms with van der Waals surface area (Å²) in [7, 11) is 3.63. The number of aryl methyl sites for hydroxylation is 2. The molecule has 1 aromatic heterocycles. The maximum absolute atomic E-state index is 11.7. The first-order valence-electron chi connectivity index (χ1n) is 11.8. The first kappa shape index (κ1) is 28.2. The van der Waals surface area contributed by atoms with Gasteiger partial charge in [-0.2, -0.15) is 0 Å². The maximum atomic E-state index is 11.7. The number of fused-ring (bicyclic) bond motifs is 1. The van der Waals surface area contributed by atoms with E-state index >= 15 is 0 Å². The number of rotatable bonds is 11. The number of hydrogen-bond donors (Lipinski definition) is 1. The highest BCUT2D eigenvalue weighted by Crippen LogP contribution is 2.33. The summed E-state index contributed by atoms with van der Waals surface area (Å²) >= 11 is 0. The molecule has 5 heteroatoms. The number of nitrogens with zero attached hydrogens (tertiary/aromatic N) is 2. The minimum absolute atomic E-state index is 0.119. The van der Waals surface area contributed by atoms with E-state index in [9.17, 15) is 4.79 Å². The van der Waals surface area contributed by atoms with Crippen molar-refractivity contribution in [2.75, 3.05) is 27.3 Å². The number of para-hydroxylation sites is 1. The van der Waals surface area contributed by atoms with Gasteiger partial charge in [0.1, 0.15) is 0 Å². The van der Waals surface area contributed by atoms with Crippen LogP contribution in [0.25, 0.3) is 10.9 Å². The van der Waals surface area contributed by atoms with Crippen LogP contribution in [0.3, 0.4) is 0 Å². The number of carbonyl (C=O) groups is 1. The van der Waals surface area contributed by atoms with Crippen LogP contribution in [0.1, 0.15) is 57.2 Å². The summed E-state index contributed by atoms with van der Waals surface area (Å²) in [5, 5.41) is 1.31. The molecule has 0 aliphatic heterocycles. The van der Waals surface area contributed by atoms with E-state index in [0.29, 0.717) is 11.6 Å². The van der Waals surface area contributed by atoms with Crippen LogP contribution < -0.4 is 5.73 Å². The molecule has 0 saturated heterocycles. The zero-order valence-corrected chi connectivity index (χ0v) is 21.5. The highest BCUT2D eigenvalue weighted by atomic mass is 16.5. The third kappa shape index (κ3) is 8.58. The van der Waals surface area contributed by atoms with E-state index in [1.807, 2.05) is 24.9 Å². The molecule has 0 fully saturated rings. The fourth-order valence-electron chi connectivity index (χ4n) is 3.84. The van der Waals surface area contributed by atoms with Crippen molar-refractivity contribution in [2.24, 2.45) is 5.73 Å². The fourth-order valence-corrected chi connectivity index (χ4v) is 3.84. The summed E-state index contributed by atoms with van der Waals surface area (Å²) in [6.07, 6.45) is 6.59. The quantitative estimate of drug-likeness (QED) is 0.338. The highest BCUT2D eigenvalue weighted by Gasteiger charge is 2.22. The number of hydrogen-bond acceptors (Lipinski definition) is 3. The van der Waals surface area contributed by atoms with Gasteiger partial charge in [0, 0.05) is 69.0 Å². The molecule has 0 radical (unpaired) electrons. The number of aromatic nitrogens is 1. The largest absolute Gasteiger partial charge is 0.399 e. The number of benzene rings is 1. The second-order valence-electron chi connectivity index (χ2n) is 8.45. The van der Waals surface area contributed by atoms with E-state index < -0.39 is 0 Å². The lowest BCUT2D eigenvalue weighted by Crippen LogP contribution is -2.30. The Kier molecular flexibility index (Phi) is 12.3. The molecule has 0 saturated carbocycles. The monoisotopic (exact) mass is 453 g/mol. The van der Waals surface area contributed by atoms with Gasteiger partial charge in [-0.15, -0.1) is 0 Å². The number of methoxy groups -OCH3 is 1. The van der Waals surface area contributed by atoms with E-state index in [2.05, 4.69) is 55.8 Å². The molecule has 1 amide bonds. The lowest BCUT2D eigenvalue weighted by atomic mass is 9.97. The van der Waals surface area contributed by atoms with E-state index in [0.717, 1.165) is 44.5 Å². The molecule has 0 aliphatic carbocycles. The molecular weight excluding hydrogens is 410 g/mol. The van der Waals surface area contributed by atoms with Crippen LogP contribution in [0.2, 0.25) is 0 Å². The van der Waals surface area contributed by atoms with Crippen LogP contribution in [0.5, 0.6) is 0 Å². The van der Waals surface area contributed by atoms with Crippen molar-refractivity contribution in [3.8, 4) is 0 Å². The van der Waals surface area contributed by atoms with Gasteiger partial charge in [0.15, 0.2) is 0 Å². The van der Waals surface area contributed by atoms with Gasteiger partial charge >= 0.3 is 0 Å². The van der Waals surface area contributed by atoms with Crippen LogP contribution in [-0.2, 0) is 16.1 Å². The molecule has 1 atom stereocenters. The third-order valence-corrected chi connectivity index (χ3v) is 5.90. The topological polar surface area (TPSA) is 60.5 Å². The molecule has 2 N–H and O–H groups in total. The number of amides is 1. The predicted molar refractivity (Wildman–Crippen MR) is 141 cm³/mol. The lowest BCUT2D eigenvalue weighted by Gasteiger charge is -2.25. The molecule has 2 aromatic rings. The third-order valence-electron chi connectivity index (χ3n) is 5.90. The molecule has 1 aromatic carbocycles. The summed E-state index contributed by atoms with van der Waals surface area (Å²) in [6, 6.07) is 8.59. The molecule has 1 heterocycles. The van der Waals surface area contributed by atoms with Crippen molar-refractivity contribution in [2.45, 2.75) is 59.4 Å². The zero-order chi connectivity index (χ0) is 25.0. The standard InChI is InChI=1S/C20H30N2O2.C8H13N/c1-6-17(14-21(4)16(3)23)20-15(2)18-10-7-8-11-19(18)22(20)12-9-13-24-5;1-4-7(2)5-6-8(3)9/h7-8,10-11,17H,6,9,12-14H2,1-5H3;5-6H,2-4,9H2,1H3/b;6-5-. The second-order valence-corrected chi connectivity index (χ2v) is 8.45. The molecular formula is C28H43N3O2. The molecule has 1 unspecified atom stereocenters. The van der Waals surface area contributed by atoms with Gasteiger partial charge in [-0.1, -0.05) is 56.9 Å². The number of nitrogens with two attached hydrogens (primary N) is 1. The van der Waals surface area contributed by atoms with Gasteiger partial charge in [0.25, 0.3) is 0 Å². The molecule has 2 rings (SSSR count). The van der Waals surface area contributed by atoms with Gasteiger partial charge in [-0.05, 0) is 43.9 Å². The van der Waals surface area contributed by atoms with Crippen LogP contribution in [0, 0.1) is 6.92 Å². The summed E-state index contributed by atoms with van der Waals surface area (Å²) in [6.45, 7) is 17.8. The Labute approximate surface area is 200 Å². The summed E-state index contributed by atoms with van der Waals surface area (Å²) in [4.78, 5) is 13.5. The van der Waals surface area contributed by atoms with Crippen molar-refractivity contribution in [3.05, 3.63) is 72.1 Å². The van der Waals surface area contributed by atoms with Gasteiger partial charge in [-0.25, -0.2) is 0 Å². The normalized spacial score (nSPS) is 11.8. The van der Waals surface area contributed by atoms with Gasteiger partial charge < -0.3 is 19.9 Å². The molecule has 5 nitrogen and oxygen atoms in total. The summed E-state index contributed by atoms with van der Waals surface area (Å²) < 4.78 is 7.68. The first-order valence-corrected chi connectivity index (χ1v) is 11.8. The smallest absolute Gasteiger partial charge is 0.219 e. The first-order chi connectivity index (χ1) is 15.7. The van der Waals surface area contributed by atoms with Gasteiger partial charge in [0.05, 0.1) is 0 Å². The molecule has 182 valence electrons. The second kappa shape index (κ2) is 14.4. The minimum Gasteiger partial charge on any atom is -0.399 e. The fraction of sp³-hybridized carbons (Fsp3) is 0.464. The van der Waals surface area contributed by atoms with E-state index in [1.165, 1.54) is 22.2 Å².